The van der Waals surface area contributed by atoms with Crippen molar-refractivity contribution in [1.29, 1.82) is 0 Å². The minimum absolute atomic E-state index is 0.241. The average Bonchev–Trinajstić information content (AvgIpc) is 2.35. The molecule has 0 fully saturated rings. The Morgan fingerprint density at radius 1 is 1.47 bits per heavy atom. The van der Waals surface area contributed by atoms with Crippen molar-refractivity contribution in [3.8, 4) is 5.75 Å². The Morgan fingerprint density at radius 3 is 2.53 bits per heavy atom. The molecule has 0 aliphatic rings. The number of hydrogen-bond donors (Lipinski definition) is 2. The maximum absolute atomic E-state index is 11.1. The van der Waals surface area contributed by atoms with E-state index in [2.05, 4.69) is 4.74 Å². The average molecular weight is 239 g/mol. The van der Waals surface area contributed by atoms with Crippen molar-refractivity contribution >= 4 is 5.97 Å². The Kier molecular flexibility index (Phi) is 6.98. The SMILES string of the molecule is CC.COC(=O)C(N)Cc1ccc(O)c(C)c1. The first-order valence-corrected chi connectivity index (χ1v) is 5.66. The van der Waals surface area contributed by atoms with Crippen molar-refractivity contribution in [2.75, 3.05) is 7.11 Å². The molecule has 96 valence electrons. The number of aromatic hydroxyl groups is 1. The molecule has 0 aliphatic carbocycles. The number of carbonyl (C=O) groups is 1. The fourth-order valence-electron chi connectivity index (χ4n) is 1.33. The predicted molar refractivity (Wildman–Crippen MR) is 67.9 cm³/mol. The number of hydrogen-bond acceptors (Lipinski definition) is 4. The summed E-state index contributed by atoms with van der Waals surface area (Å²) in [6, 6.07) is 4.48. The summed E-state index contributed by atoms with van der Waals surface area (Å²) < 4.78 is 4.52. The molecule has 3 N–H and O–H groups in total. The van der Waals surface area contributed by atoms with Crippen molar-refractivity contribution < 1.29 is 14.6 Å². The topological polar surface area (TPSA) is 72.5 Å². The molecular formula is C13H21NO3. The number of methoxy groups -OCH3 is 1. The lowest BCUT2D eigenvalue weighted by Crippen LogP contribution is -2.33. The van der Waals surface area contributed by atoms with E-state index >= 15 is 0 Å². The van der Waals surface area contributed by atoms with Gasteiger partial charge in [-0.2, -0.15) is 0 Å². The molecule has 1 aromatic carbocycles. The zero-order valence-corrected chi connectivity index (χ0v) is 10.9. The number of nitrogens with two attached hydrogens (primary N) is 1. The molecule has 1 unspecified atom stereocenters. The number of carbonyl (C=O) groups excluding carboxylic acids is 1. The van der Waals surface area contributed by atoms with Crippen molar-refractivity contribution in [1.82, 2.24) is 0 Å². The molecule has 4 nitrogen and oxygen atoms in total. The first kappa shape index (κ1) is 15.4. The second kappa shape index (κ2) is 7.68. The van der Waals surface area contributed by atoms with Gasteiger partial charge in [0, 0.05) is 0 Å². The summed E-state index contributed by atoms with van der Waals surface area (Å²) in [6.45, 7) is 5.79. The highest BCUT2D eigenvalue weighted by atomic mass is 16.5. The molecule has 0 bridgehead atoms. The third kappa shape index (κ3) is 4.87. The lowest BCUT2D eigenvalue weighted by Gasteiger charge is -2.09. The fraction of sp³-hybridized carbons (Fsp3) is 0.462. The molecular weight excluding hydrogens is 218 g/mol. The van der Waals surface area contributed by atoms with Crippen LogP contribution in [0.3, 0.4) is 0 Å². The molecule has 1 rings (SSSR count). The van der Waals surface area contributed by atoms with E-state index in [0.717, 1.165) is 11.1 Å². The van der Waals surface area contributed by atoms with Crippen molar-refractivity contribution in [3.63, 3.8) is 0 Å². The third-order valence-corrected chi connectivity index (χ3v) is 2.22. The number of ether oxygens (including phenoxy) is 1. The van der Waals surface area contributed by atoms with E-state index in [1.54, 1.807) is 25.1 Å². The van der Waals surface area contributed by atoms with Crippen LogP contribution in [0.2, 0.25) is 0 Å². The lowest BCUT2D eigenvalue weighted by atomic mass is 10.0. The van der Waals surface area contributed by atoms with Crippen molar-refractivity contribution in [3.05, 3.63) is 29.3 Å². The third-order valence-electron chi connectivity index (χ3n) is 2.22. The van der Waals surface area contributed by atoms with Crippen LogP contribution in [0.4, 0.5) is 0 Å². The number of aryl methyl sites for hydroxylation is 1. The van der Waals surface area contributed by atoms with Crippen LogP contribution >= 0.6 is 0 Å². The van der Waals surface area contributed by atoms with E-state index < -0.39 is 12.0 Å². The first-order chi connectivity index (χ1) is 8.04. The highest BCUT2D eigenvalue weighted by Crippen LogP contribution is 2.17. The molecule has 1 aromatic rings. The van der Waals surface area contributed by atoms with Crippen LogP contribution in [0, 0.1) is 6.92 Å². The molecule has 0 spiro atoms. The molecule has 17 heavy (non-hydrogen) atoms. The highest BCUT2D eigenvalue weighted by Gasteiger charge is 2.14. The minimum Gasteiger partial charge on any atom is -0.508 e. The number of benzene rings is 1. The fourth-order valence-corrected chi connectivity index (χ4v) is 1.33. The van der Waals surface area contributed by atoms with Gasteiger partial charge in [-0.05, 0) is 30.5 Å². The Bertz CT molecular complexity index is 364. The Balaban J connectivity index is 0.00000121. The second-order valence-electron chi connectivity index (χ2n) is 3.45. The van der Waals surface area contributed by atoms with Gasteiger partial charge in [0.05, 0.1) is 7.11 Å². The summed E-state index contributed by atoms with van der Waals surface area (Å²) in [6.07, 6.45) is 0.411. The van der Waals surface area contributed by atoms with E-state index in [9.17, 15) is 9.90 Å². The van der Waals surface area contributed by atoms with E-state index in [0.29, 0.717) is 6.42 Å². The van der Waals surface area contributed by atoms with Crippen LogP contribution in [-0.4, -0.2) is 24.2 Å². The van der Waals surface area contributed by atoms with Gasteiger partial charge < -0.3 is 15.6 Å². The van der Waals surface area contributed by atoms with Crippen LogP contribution < -0.4 is 5.73 Å². The monoisotopic (exact) mass is 239 g/mol. The number of phenolic OH excluding ortho intramolecular Hbond substituents is 1. The quantitative estimate of drug-likeness (QED) is 0.788. The van der Waals surface area contributed by atoms with Gasteiger partial charge in [0.1, 0.15) is 11.8 Å². The van der Waals surface area contributed by atoms with Gasteiger partial charge in [0.15, 0.2) is 0 Å². The van der Waals surface area contributed by atoms with Crippen molar-refractivity contribution in [2.45, 2.75) is 33.2 Å². The number of esters is 1. The van der Waals surface area contributed by atoms with Crippen molar-refractivity contribution in [2.24, 2.45) is 5.73 Å². The Labute approximate surface area is 102 Å². The predicted octanol–water partition coefficient (Wildman–Crippen LogP) is 1.77. The van der Waals surface area contributed by atoms with Crippen LogP contribution in [0.5, 0.6) is 5.75 Å². The Hall–Kier alpha value is -1.55. The van der Waals surface area contributed by atoms with Gasteiger partial charge in [-0.3, -0.25) is 4.79 Å². The largest absolute Gasteiger partial charge is 0.508 e. The highest BCUT2D eigenvalue weighted by molar-refractivity contribution is 5.75. The molecule has 1 atom stereocenters. The maximum atomic E-state index is 11.1. The van der Waals surface area contributed by atoms with Gasteiger partial charge >= 0.3 is 5.97 Å². The number of rotatable bonds is 3. The first-order valence-electron chi connectivity index (χ1n) is 5.66. The smallest absolute Gasteiger partial charge is 0.322 e. The van der Waals surface area contributed by atoms with Crippen LogP contribution in [-0.2, 0) is 16.0 Å². The minimum atomic E-state index is -0.654. The normalized spacial score (nSPS) is 11.1. The molecule has 0 radical (unpaired) electrons. The number of phenols is 1. The van der Waals surface area contributed by atoms with Gasteiger partial charge in [-0.25, -0.2) is 0 Å². The lowest BCUT2D eigenvalue weighted by molar-refractivity contribution is -0.142. The Morgan fingerprint density at radius 2 is 2.06 bits per heavy atom. The zero-order chi connectivity index (χ0) is 13.4. The van der Waals surface area contributed by atoms with E-state index in [1.165, 1.54) is 7.11 Å². The summed E-state index contributed by atoms with van der Waals surface area (Å²) in [4.78, 5) is 11.1. The molecule has 0 aromatic heterocycles. The van der Waals surface area contributed by atoms with Crippen LogP contribution in [0.15, 0.2) is 18.2 Å². The summed E-state index contributed by atoms with van der Waals surface area (Å²) in [5.74, 6) is -0.189. The maximum Gasteiger partial charge on any atom is 0.322 e. The van der Waals surface area contributed by atoms with Gasteiger partial charge in [0.2, 0.25) is 0 Å². The summed E-state index contributed by atoms with van der Waals surface area (Å²) in [7, 11) is 1.31. The molecule has 0 saturated heterocycles. The molecule has 0 amide bonds. The molecule has 0 saturated carbocycles. The molecule has 0 aliphatic heterocycles. The summed E-state index contributed by atoms with van der Waals surface area (Å²) in [5, 5.41) is 9.31. The van der Waals surface area contributed by atoms with Crippen LogP contribution in [0.25, 0.3) is 0 Å². The van der Waals surface area contributed by atoms with E-state index in [1.807, 2.05) is 13.8 Å². The second-order valence-corrected chi connectivity index (χ2v) is 3.45. The van der Waals surface area contributed by atoms with Crippen LogP contribution in [0.1, 0.15) is 25.0 Å². The standard InChI is InChI=1S/C11H15NO3.C2H6/c1-7-5-8(3-4-10(7)13)6-9(12)11(14)15-2;1-2/h3-5,9,13H,6,12H2,1-2H3;1-2H3. The van der Waals surface area contributed by atoms with E-state index in [-0.39, 0.29) is 5.75 Å². The zero-order valence-electron chi connectivity index (χ0n) is 10.9. The van der Waals surface area contributed by atoms with E-state index in [4.69, 9.17) is 5.73 Å². The van der Waals surface area contributed by atoms with Gasteiger partial charge in [0.25, 0.3) is 0 Å². The van der Waals surface area contributed by atoms with Gasteiger partial charge in [-0.1, -0.05) is 26.0 Å². The summed E-state index contributed by atoms with van der Waals surface area (Å²) >= 11 is 0. The molecule has 0 heterocycles. The summed E-state index contributed by atoms with van der Waals surface area (Å²) in [5.41, 5.74) is 7.28. The molecule has 4 heteroatoms. The van der Waals surface area contributed by atoms with Gasteiger partial charge in [-0.15, -0.1) is 0 Å².